The number of anilines is 1. The molecule has 1 spiro atoms. The highest BCUT2D eigenvalue weighted by molar-refractivity contribution is 6.39. The van der Waals surface area contributed by atoms with Gasteiger partial charge in [-0.25, -0.2) is 0 Å². The average molecular weight is 584 g/mol. The predicted molar refractivity (Wildman–Crippen MR) is 152 cm³/mol. The van der Waals surface area contributed by atoms with E-state index in [-0.39, 0.29) is 10.8 Å². The first kappa shape index (κ1) is 25.9. The van der Waals surface area contributed by atoms with Crippen molar-refractivity contribution >= 4 is 45.4 Å². The standard InChI is InChI=1S/C31H26Cl2F3N3O/c1-17-13-22(31(34,35)36)21-14-20(7-8-25(21)37-17)39-11-9-30(10-12-39)15-19(16-30)26-28(38-40-29(26)18-5-6-18)27-23(32)3-2-4-24(27)33/h2-4,7-8,13-15,18H,5-6,9-12,16H2,1H3. The van der Waals surface area contributed by atoms with Gasteiger partial charge in [-0.15, -0.1) is 0 Å². The van der Waals surface area contributed by atoms with Crippen LogP contribution in [0.25, 0.3) is 27.7 Å². The third kappa shape index (κ3) is 4.38. The first-order valence-electron chi connectivity index (χ1n) is 13.5. The molecule has 2 fully saturated rings. The number of aromatic nitrogens is 2. The molecule has 3 heterocycles. The van der Waals surface area contributed by atoms with Gasteiger partial charge in [-0.3, -0.25) is 4.98 Å². The monoisotopic (exact) mass is 583 g/mol. The maximum atomic E-state index is 13.8. The zero-order valence-corrected chi connectivity index (χ0v) is 23.3. The first-order valence-corrected chi connectivity index (χ1v) is 14.3. The van der Waals surface area contributed by atoms with Crippen LogP contribution < -0.4 is 4.90 Å². The largest absolute Gasteiger partial charge is 0.417 e. The minimum atomic E-state index is -4.43. The van der Waals surface area contributed by atoms with Crippen LogP contribution >= 0.6 is 23.2 Å². The Kier molecular flexibility index (Phi) is 5.99. The summed E-state index contributed by atoms with van der Waals surface area (Å²) < 4.78 is 47.2. The second-order valence-electron chi connectivity index (χ2n) is 11.3. The molecule has 2 aromatic carbocycles. The maximum Gasteiger partial charge on any atom is 0.417 e. The number of piperidine rings is 1. The number of hydrogen-bond donors (Lipinski definition) is 0. The molecule has 0 N–H and O–H groups in total. The van der Waals surface area contributed by atoms with Crippen LogP contribution in [0.3, 0.4) is 0 Å². The van der Waals surface area contributed by atoms with Gasteiger partial charge in [0.05, 0.1) is 21.1 Å². The number of aryl methyl sites for hydroxylation is 1. The van der Waals surface area contributed by atoms with Crippen molar-refractivity contribution in [3.05, 3.63) is 81.2 Å². The summed E-state index contributed by atoms with van der Waals surface area (Å²) in [5, 5.41) is 5.67. The smallest absolute Gasteiger partial charge is 0.371 e. The average Bonchev–Trinajstić information content (AvgIpc) is 3.65. The molecule has 4 nitrogen and oxygen atoms in total. The van der Waals surface area contributed by atoms with Crippen molar-refractivity contribution < 1.29 is 17.7 Å². The molecule has 40 heavy (non-hydrogen) atoms. The molecule has 9 heteroatoms. The van der Waals surface area contributed by atoms with Gasteiger partial charge in [0.25, 0.3) is 0 Å². The molecule has 2 aromatic heterocycles. The summed E-state index contributed by atoms with van der Waals surface area (Å²) >= 11 is 13.1. The Morgan fingerprint density at radius 2 is 1.70 bits per heavy atom. The molecule has 206 valence electrons. The summed E-state index contributed by atoms with van der Waals surface area (Å²) in [6, 6.07) is 11.8. The molecular weight excluding hydrogens is 558 g/mol. The topological polar surface area (TPSA) is 42.2 Å². The lowest BCUT2D eigenvalue weighted by Gasteiger charge is -2.47. The highest BCUT2D eigenvalue weighted by atomic mass is 35.5. The summed E-state index contributed by atoms with van der Waals surface area (Å²) in [5.41, 5.74) is 4.59. The van der Waals surface area contributed by atoms with Crippen molar-refractivity contribution in [2.75, 3.05) is 18.0 Å². The molecule has 1 saturated heterocycles. The SMILES string of the molecule is Cc1cc(C(F)(F)F)c2cc(N3CCC4(C=C(c5c(-c6c(Cl)cccc6Cl)noc5C5CC5)C4)CC3)ccc2n1. The molecule has 0 bridgehead atoms. The fourth-order valence-electron chi connectivity index (χ4n) is 6.32. The number of halogens is 5. The molecule has 0 atom stereocenters. The molecule has 0 amide bonds. The normalized spacial score (nSPS) is 18.8. The summed E-state index contributed by atoms with van der Waals surface area (Å²) in [5.74, 6) is 1.30. The number of rotatable bonds is 4. The van der Waals surface area contributed by atoms with Crippen LogP contribution in [0.1, 0.15) is 60.6 Å². The van der Waals surface area contributed by atoms with Crippen LogP contribution in [-0.4, -0.2) is 23.2 Å². The van der Waals surface area contributed by atoms with E-state index in [1.54, 1.807) is 19.1 Å². The van der Waals surface area contributed by atoms with Gasteiger partial charge in [-0.05, 0) is 86.4 Å². The van der Waals surface area contributed by atoms with E-state index < -0.39 is 11.7 Å². The van der Waals surface area contributed by atoms with Gasteiger partial charge in [0.15, 0.2) is 0 Å². The zero-order valence-electron chi connectivity index (χ0n) is 21.8. The van der Waals surface area contributed by atoms with E-state index >= 15 is 0 Å². The van der Waals surface area contributed by atoms with Crippen molar-refractivity contribution in [3.8, 4) is 11.3 Å². The fourth-order valence-corrected chi connectivity index (χ4v) is 6.90. The van der Waals surface area contributed by atoms with Gasteiger partial charge >= 0.3 is 6.18 Å². The van der Waals surface area contributed by atoms with Crippen LogP contribution in [0.2, 0.25) is 10.0 Å². The highest BCUT2D eigenvalue weighted by Crippen LogP contribution is 2.56. The van der Waals surface area contributed by atoms with Crippen molar-refractivity contribution in [2.24, 2.45) is 5.41 Å². The lowest BCUT2D eigenvalue weighted by atomic mass is 9.63. The molecule has 7 rings (SSSR count). The number of hydrogen-bond acceptors (Lipinski definition) is 4. The van der Waals surface area contributed by atoms with Crippen LogP contribution in [0.4, 0.5) is 18.9 Å². The van der Waals surface area contributed by atoms with E-state index in [1.165, 1.54) is 5.57 Å². The van der Waals surface area contributed by atoms with Gasteiger partial charge in [0.2, 0.25) is 0 Å². The number of benzene rings is 2. The Labute approximate surface area is 239 Å². The number of pyridine rings is 1. The van der Waals surface area contributed by atoms with Crippen LogP contribution in [-0.2, 0) is 6.18 Å². The van der Waals surface area contributed by atoms with E-state index in [9.17, 15) is 13.2 Å². The lowest BCUT2D eigenvalue weighted by Crippen LogP contribution is -2.42. The number of nitrogens with zero attached hydrogens (tertiary/aromatic N) is 3. The molecular formula is C31H26Cl2F3N3O. The van der Waals surface area contributed by atoms with E-state index in [1.807, 2.05) is 24.3 Å². The molecule has 1 aliphatic heterocycles. The van der Waals surface area contributed by atoms with Gasteiger partial charge < -0.3 is 9.42 Å². The Bertz CT molecular complexity index is 1660. The Balaban J connectivity index is 1.15. The summed E-state index contributed by atoms with van der Waals surface area (Å²) in [7, 11) is 0. The summed E-state index contributed by atoms with van der Waals surface area (Å²) in [6.45, 7) is 3.11. The second-order valence-corrected chi connectivity index (χ2v) is 12.2. The minimum absolute atomic E-state index is 0.0537. The van der Waals surface area contributed by atoms with Crippen LogP contribution in [0.5, 0.6) is 0 Å². The quantitative estimate of drug-likeness (QED) is 0.240. The molecule has 1 saturated carbocycles. The highest BCUT2D eigenvalue weighted by Gasteiger charge is 2.44. The fraction of sp³-hybridized carbons (Fsp3) is 0.355. The van der Waals surface area contributed by atoms with E-state index in [2.05, 4.69) is 21.1 Å². The van der Waals surface area contributed by atoms with Crippen molar-refractivity contribution in [1.29, 1.82) is 0 Å². The second kappa shape index (κ2) is 9.25. The summed E-state index contributed by atoms with van der Waals surface area (Å²) in [4.78, 5) is 6.50. The van der Waals surface area contributed by atoms with Gasteiger partial charge in [0.1, 0.15) is 11.5 Å². The van der Waals surface area contributed by atoms with Gasteiger partial charge in [-0.2, -0.15) is 13.2 Å². The Hall–Kier alpha value is -3.03. The number of allylic oxidation sites excluding steroid dienone is 2. The summed E-state index contributed by atoms with van der Waals surface area (Å²) in [6.07, 6.45) is 2.82. The number of fused-ring (bicyclic) bond motifs is 1. The van der Waals surface area contributed by atoms with Gasteiger partial charge in [-0.1, -0.05) is 40.5 Å². The van der Waals surface area contributed by atoms with E-state index in [0.717, 1.165) is 68.3 Å². The van der Waals surface area contributed by atoms with Crippen LogP contribution in [0.15, 0.2) is 53.1 Å². The molecule has 0 unspecified atom stereocenters. The third-order valence-electron chi connectivity index (χ3n) is 8.56. The zero-order chi connectivity index (χ0) is 27.8. The minimum Gasteiger partial charge on any atom is -0.371 e. The first-order chi connectivity index (χ1) is 19.1. The predicted octanol–water partition coefficient (Wildman–Crippen LogP) is 9.48. The van der Waals surface area contributed by atoms with Crippen molar-refractivity contribution in [1.82, 2.24) is 10.1 Å². The maximum absolute atomic E-state index is 13.8. The Morgan fingerprint density at radius 1 is 1.00 bits per heavy atom. The molecule has 4 aromatic rings. The van der Waals surface area contributed by atoms with Crippen molar-refractivity contribution in [3.63, 3.8) is 0 Å². The Morgan fingerprint density at radius 3 is 2.35 bits per heavy atom. The molecule has 0 radical (unpaired) electrons. The molecule has 2 aliphatic carbocycles. The number of alkyl halides is 3. The third-order valence-corrected chi connectivity index (χ3v) is 9.19. The van der Waals surface area contributed by atoms with Gasteiger partial charge in [0, 0.05) is 46.9 Å². The molecule has 3 aliphatic rings. The lowest BCUT2D eigenvalue weighted by molar-refractivity contribution is -0.136. The van der Waals surface area contributed by atoms with Crippen LogP contribution in [0, 0.1) is 12.3 Å². The van der Waals surface area contributed by atoms with Crippen molar-refractivity contribution in [2.45, 2.75) is 51.1 Å². The van der Waals surface area contributed by atoms with E-state index in [4.69, 9.17) is 27.7 Å². The van der Waals surface area contributed by atoms with E-state index in [0.29, 0.717) is 38.4 Å².